The zero-order valence-electron chi connectivity index (χ0n) is 9.06. The molecular weight excluding hydrogens is 212 g/mol. The number of aromatic nitrogens is 1. The van der Waals surface area contributed by atoms with Crippen LogP contribution in [0, 0.1) is 6.92 Å². The molecular formula is C10H16N2O2S. The van der Waals surface area contributed by atoms with E-state index in [9.17, 15) is 4.79 Å². The van der Waals surface area contributed by atoms with Crippen molar-refractivity contribution in [2.75, 3.05) is 13.7 Å². The molecule has 1 N–H and O–H groups in total. The van der Waals surface area contributed by atoms with Crippen LogP contribution in [0.15, 0.2) is 5.38 Å². The van der Waals surface area contributed by atoms with E-state index in [2.05, 4.69) is 4.98 Å². The Kier molecular flexibility index (Phi) is 4.71. The molecule has 0 aliphatic heterocycles. The number of aliphatic hydroxyl groups excluding tert-OH is 1. The maximum Gasteiger partial charge on any atom is 0.222 e. The van der Waals surface area contributed by atoms with Crippen LogP contribution in [-0.2, 0) is 11.3 Å². The summed E-state index contributed by atoms with van der Waals surface area (Å²) in [7, 11) is 1.76. The van der Waals surface area contributed by atoms with Crippen LogP contribution >= 0.6 is 11.3 Å². The maximum absolute atomic E-state index is 11.5. The zero-order valence-corrected chi connectivity index (χ0v) is 9.88. The summed E-state index contributed by atoms with van der Waals surface area (Å²) >= 11 is 1.59. The van der Waals surface area contributed by atoms with Crippen LogP contribution in [0.25, 0.3) is 0 Å². The second kappa shape index (κ2) is 5.82. The molecule has 1 aromatic rings. The van der Waals surface area contributed by atoms with E-state index >= 15 is 0 Å². The van der Waals surface area contributed by atoms with Crippen molar-refractivity contribution in [2.45, 2.75) is 26.3 Å². The van der Waals surface area contributed by atoms with Crippen molar-refractivity contribution in [3.05, 3.63) is 16.1 Å². The number of rotatable bonds is 5. The number of hydrogen-bond acceptors (Lipinski definition) is 4. The van der Waals surface area contributed by atoms with Crippen molar-refractivity contribution >= 4 is 17.2 Å². The Balaban J connectivity index is 2.41. The van der Waals surface area contributed by atoms with Gasteiger partial charge in [-0.1, -0.05) is 0 Å². The second-order valence-corrected chi connectivity index (χ2v) is 4.50. The lowest BCUT2D eigenvalue weighted by atomic mass is 10.3. The number of amides is 1. The predicted molar refractivity (Wildman–Crippen MR) is 59.6 cm³/mol. The molecule has 1 aromatic heterocycles. The van der Waals surface area contributed by atoms with Crippen LogP contribution in [0.1, 0.15) is 23.5 Å². The van der Waals surface area contributed by atoms with Crippen LogP contribution < -0.4 is 0 Å². The Labute approximate surface area is 93.6 Å². The van der Waals surface area contributed by atoms with E-state index in [4.69, 9.17) is 5.11 Å². The van der Waals surface area contributed by atoms with E-state index in [1.165, 1.54) is 0 Å². The number of carbonyl (C=O) groups excluding carboxylic acids is 1. The minimum Gasteiger partial charge on any atom is -0.396 e. The van der Waals surface area contributed by atoms with Crippen molar-refractivity contribution in [3.8, 4) is 0 Å². The quantitative estimate of drug-likeness (QED) is 0.823. The van der Waals surface area contributed by atoms with Gasteiger partial charge in [0, 0.05) is 25.5 Å². The molecule has 5 heteroatoms. The normalized spacial score (nSPS) is 10.3. The Bertz CT molecular complexity index is 325. The van der Waals surface area contributed by atoms with Crippen molar-refractivity contribution < 1.29 is 9.90 Å². The van der Waals surface area contributed by atoms with E-state index in [1.807, 2.05) is 12.3 Å². The first-order chi connectivity index (χ1) is 7.13. The van der Waals surface area contributed by atoms with Gasteiger partial charge in [-0.25, -0.2) is 4.98 Å². The molecule has 1 heterocycles. The van der Waals surface area contributed by atoms with E-state index in [-0.39, 0.29) is 12.5 Å². The fourth-order valence-corrected chi connectivity index (χ4v) is 1.84. The van der Waals surface area contributed by atoms with Gasteiger partial charge in [-0.15, -0.1) is 11.3 Å². The minimum absolute atomic E-state index is 0.0507. The fourth-order valence-electron chi connectivity index (χ4n) is 1.23. The summed E-state index contributed by atoms with van der Waals surface area (Å²) in [6.07, 6.45) is 0.926. The van der Waals surface area contributed by atoms with Gasteiger partial charge < -0.3 is 10.0 Å². The maximum atomic E-state index is 11.5. The van der Waals surface area contributed by atoms with Crippen molar-refractivity contribution in [3.63, 3.8) is 0 Å². The first-order valence-electron chi connectivity index (χ1n) is 4.89. The monoisotopic (exact) mass is 228 g/mol. The Morgan fingerprint density at radius 1 is 1.67 bits per heavy atom. The largest absolute Gasteiger partial charge is 0.396 e. The average molecular weight is 228 g/mol. The molecule has 0 aromatic carbocycles. The van der Waals surface area contributed by atoms with E-state index in [1.54, 1.807) is 23.3 Å². The lowest BCUT2D eigenvalue weighted by molar-refractivity contribution is -0.130. The topological polar surface area (TPSA) is 53.4 Å². The summed E-state index contributed by atoms with van der Waals surface area (Å²) in [5.41, 5.74) is 0.928. The minimum atomic E-state index is 0.0507. The standard InChI is InChI=1S/C10H16N2O2S/c1-8-11-9(7-15-8)6-12(2)10(14)4-3-5-13/h7,13H,3-6H2,1-2H3. The molecule has 0 aliphatic carbocycles. The molecule has 0 spiro atoms. The Morgan fingerprint density at radius 2 is 2.40 bits per heavy atom. The van der Waals surface area contributed by atoms with Crippen LogP contribution in [0.5, 0.6) is 0 Å². The summed E-state index contributed by atoms with van der Waals surface area (Å²) in [6.45, 7) is 2.56. The predicted octanol–water partition coefficient (Wildman–Crippen LogP) is 1.18. The van der Waals surface area contributed by atoms with Crippen molar-refractivity contribution in [1.29, 1.82) is 0 Å². The van der Waals surface area contributed by atoms with Gasteiger partial charge in [-0.05, 0) is 13.3 Å². The molecule has 84 valence electrons. The highest BCUT2D eigenvalue weighted by atomic mass is 32.1. The molecule has 0 unspecified atom stereocenters. The van der Waals surface area contributed by atoms with Gasteiger partial charge in [0.25, 0.3) is 0 Å². The fraction of sp³-hybridized carbons (Fsp3) is 0.600. The number of hydrogen-bond donors (Lipinski definition) is 1. The molecule has 0 radical (unpaired) electrons. The summed E-state index contributed by atoms with van der Waals surface area (Å²) in [5.74, 6) is 0.0507. The summed E-state index contributed by atoms with van der Waals surface area (Å²) in [5, 5.41) is 11.6. The molecule has 15 heavy (non-hydrogen) atoms. The van der Waals surface area contributed by atoms with Gasteiger partial charge >= 0.3 is 0 Å². The molecule has 4 nitrogen and oxygen atoms in total. The third-order valence-corrected chi connectivity index (χ3v) is 2.86. The Hall–Kier alpha value is -0.940. The lowest BCUT2D eigenvalue weighted by Gasteiger charge is -2.15. The molecule has 1 rings (SSSR count). The van der Waals surface area contributed by atoms with E-state index in [0.717, 1.165) is 10.7 Å². The summed E-state index contributed by atoms with van der Waals surface area (Å²) < 4.78 is 0. The number of aliphatic hydroxyl groups is 1. The first kappa shape index (κ1) is 12.1. The molecule has 0 saturated carbocycles. The molecule has 1 amide bonds. The van der Waals surface area contributed by atoms with Crippen LogP contribution in [0.3, 0.4) is 0 Å². The third-order valence-electron chi connectivity index (χ3n) is 2.04. The smallest absolute Gasteiger partial charge is 0.222 e. The highest BCUT2D eigenvalue weighted by molar-refractivity contribution is 7.09. The van der Waals surface area contributed by atoms with Crippen molar-refractivity contribution in [2.24, 2.45) is 0 Å². The van der Waals surface area contributed by atoms with Crippen LogP contribution in [0.2, 0.25) is 0 Å². The Morgan fingerprint density at radius 3 is 2.93 bits per heavy atom. The molecule has 0 aliphatic rings. The number of aryl methyl sites for hydroxylation is 1. The number of thiazole rings is 1. The molecule has 0 bridgehead atoms. The zero-order chi connectivity index (χ0) is 11.3. The third kappa shape index (κ3) is 3.97. The number of carbonyl (C=O) groups is 1. The van der Waals surface area contributed by atoms with Gasteiger partial charge in [-0.2, -0.15) is 0 Å². The second-order valence-electron chi connectivity index (χ2n) is 3.43. The van der Waals surface area contributed by atoms with Crippen LogP contribution in [-0.4, -0.2) is 34.6 Å². The SMILES string of the molecule is Cc1nc(CN(C)C(=O)CCCO)cs1. The highest BCUT2D eigenvalue weighted by Gasteiger charge is 2.09. The van der Waals surface area contributed by atoms with E-state index in [0.29, 0.717) is 19.4 Å². The van der Waals surface area contributed by atoms with Gasteiger partial charge in [0.05, 0.1) is 17.2 Å². The highest BCUT2D eigenvalue weighted by Crippen LogP contribution is 2.10. The van der Waals surface area contributed by atoms with Gasteiger partial charge in [0.2, 0.25) is 5.91 Å². The van der Waals surface area contributed by atoms with Crippen LogP contribution in [0.4, 0.5) is 0 Å². The summed E-state index contributed by atoms with van der Waals surface area (Å²) in [6, 6.07) is 0. The van der Waals surface area contributed by atoms with Crippen molar-refractivity contribution in [1.82, 2.24) is 9.88 Å². The van der Waals surface area contributed by atoms with Gasteiger partial charge in [0.15, 0.2) is 0 Å². The molecule has 0 atom stereocenters. The lowest BCUT2D eigenvalue weighted by Crippen LogP contribution is -2.26. The molecule has 0 fully saturated rings. The van der Waals surface area contributed by atoms with Gasteiger partial charge in [-0.3, -0.25) is 4.79 Å². The first-order valence-corrected chi connectivity index (χ1v) is 5.77. The van der Waals surface area contributed by atoms with Gasteiger partial charge in [0.1, 0.15) is 0 Å². The summed E-state index contributed by atoms with van der Waals surface area (Å²) in [4.78, 5) is 17.4. The number of nitrogens with zero attached hydrogens (tertiary/aromatic N) is 2. The van der Waals surface area contributed by atoms with E-state index < -0.39 is 0 Å². The average Bonchev–Trinajstić information content (AvgIpc) is 2.60. The molecule has 0 saturated heterocycles.